The Morgan fingerprint density at radius 2 is 1.64 bits per heavy atom. The summed E-state index contributed by atoms with van der Waals surface area (Å²) in [7, 11) is 1.37. The van der Waals surface area contributed by atoms with Gasteiger partial charge in [-0.25, -0.2) is 0 Å². The Balaban J connectivity index is 1.78. The molecule has 0 atom stereocenters. The second-order valence-corrected chi connectivity index (χ2v) is 7.42. The van der Waals surface area contributed by atoms with Crippen LogP contribution in [0.2, 0.25) is 0 Å². The van der Waals surface area contributed by atoms with E-state index in [1.165, 1.54) is 55.6 Å². The molecule has 4 aromatic carbocycles. The van der Waals surface area contributed by atoms with E-state index >= 15 is 0 Å². The Hall–Kier alpha value is -5.39. The van der Waals surface area contributed by atoms with Crippen molar-refractivity contribution < 1.29 is 24.5 Å². The third-order valence-corrected chi connectivity index (χ3v) is 5.19. The number of ether oxygens (including phenoxy) is 1. The fourth-order valence-electron chi connectivity index (χ4n) is 3.46. The zero-order valence-electron chi connectivity index (χ0n) is 18.6. The van der Waals surface area contributed by atoms with E-state index in [0.717, 1.165) is 0 Å². The largest absolute Gasteiger partial charge is 0.505 e. The van der Waals surface area contributed by atoms with Crippen LogP contribution in [0.3, 0.4) is 0 Å². The summed E-state index contributed by atoms with van der Waals surface area (Å²) in [6.45, 7) is 0. The fourth-order valence-corrected chi connectivity index (χ4v) is 3.46. The molecule has 0 saturated carbocycles. The summed E-state index contributed by atoms with van der Waals surface area (Å²) in [4.78, 5) is 34.0. The number of anilines is 1. The van der Waals surface area contributed by atoms with Gasteiger partial charge in [-0.2, -0.15) is 0 Å². The predicted molar refractivity (Wildman–Crippen MR) is 130 cm³/mol. The Morgan fingerprint density at radius 3 is 2.36 bits per heavy atom. The van der Waals surface area contributed by atoms with Crippen molar-refractivity contribution in [2.45, 2.75) is 0 Å². The molecule has 0 unspecified atom stereocenters. The number of aromatic hydroxyl groups is 1. The Kier molecular flexibility index (Phi) is 6.50. The summed E-state index contributed by atoms with van der Waals surface area (Å²) in [6.07, 6.45) is 0. The number of hydrogen-bond donors (Lipinski definition) is 2. The van der Waals surface area contributed by atoms with Crippen LogP contribution in [0.4, 0.5) is 28.4 Å². The number of rotatable bonds is 7. The highest BCUT2D eigenvalue weighted by Gasteiger charge is 2.20. The first kappa shape index (κ1) is 23.8. The number of methoxy groups -OCH3 is 1. The molecule has 36 heavy (non-hydrogen) atoms. The molecule has 12 heteroatoms. The van der Waals surface area contributed by atoms with Gasteiger partial charge in [0.15, 0.2) is 5.75 Å². The predicted octanol–water partition coefficient (Wildman–Crippen LogP) is 6.04. The molecule has 0 spiro atoms. The van der Waals surface area contributed by atoms with Crippen LogP contribution in [-0.2, 0) is 0 Å². The maximum absolute atomic E-state index is 13.0. The molecule has 0 aliphatic carbocycles. The Morgan fingerprint density at radius 1 is 0.917 bits per heavy atom. The monoisotopic (exact) mass is 487 g/mol. The minimum absolute atomic E-state index is 0.0432. The molecular weight excluding hydrogens is 470 g/mol. The van der Waals surface area contributed by atoms with Crippen LogP contribution in [0.1, 0.15) is 10.4 Å². The molecule has 4 aromatic rings. The maximum Gasteiger partial charge on any atom is 0.271 e. The number of non-ortho nitro benzene ring substituents is 2. The topological polar surface area (TPSA) is 170 Å². The highest BCUT2D eigenvalue weighted by Crippen LogP contribution is 2.41. The molecule has 0 aliphatic heterocycles. The number of azo groups is 1. The van der Waals surface area contributed by atoms with Gasteiger partial charge in [-0.05, 0) is 23.6 Å². The average molecular weight is 487 g/mol. The Bertz CT molecular complexity index is 1550. The van der Waals surface area contributed by atoms with E-state index in [1.54, 1.807) is 24.3 Å². The first-order valence-electron chi connectivity index (χ1n) is 10.3. The van der Waals surface area contributed by atoms with Crippen LogP contribution in [0.15, 0.2) is 83.0 Å². The number of carbonyl (C=O) groups is 1. The van der Waals surface area contributed by atoms with Crippen LogP contribution >= 0.6 is 0 Å². The number of hydrogen-bond acceptors (Lipinski definition) is 9. The van der Waals surface area contributed by atoms with E-state index in [4.69, 9.17) is 4.74 Å². The molecule has 1 amide bonds. The molecule has 0 aliphatic rings. The molecule has 0 aromatic heterocycles. The summed E-state index contributed by atoms with van der Waals surface area (Å²) < 4.78 is 5.19. The zero-order valence-corrected chi connectivity index (χ0v) is 18.6. The molecule has 12 nitrogen and oxygen atoms in total. The molecule has 0 saturated heterocycles. The highest BCUT2D eigenvalue weighted by atomic mass is 16.6. The van der Waals surface area contributed by atoms with Crippen LogP contribution in [0.25, 0.3) is 10.8 Å². The quantitative estimate of drug-likeness (QED) is 0.182. The van der Waals surface area contributed by atoms with Gasteiger partial charge in [-0.1, -0.05) is 30.3 Å². The van der Waals surface area contributed by atoms with Crippen molar-refractivity contribution in [3.63, 3.8) is 0 Å². The highest BCUT2D eigenvalue weighted by molar-refractivity contribution is 6.11. The van der Waals surface area contributed by atoms with E-state index < -0.39 is 21.5 Å². The van der Waals surface area contributed by atoms with Gasteiger partial charge in [0.2, 0.25) is 0 Å². The van der Waals surface area contributed by atoms with Crippen molar-refractivity contribution in [1.29, 1.82) is 0 Å². The molecule has 4 rings (SSSR count). The second kappa shape index (κ2) is 9.85. The van der Waals surface area contributed by atoms with Gasteiger partial charge < -0.3 is 15.2 Å². The van der Waals surface area contributed by atoms with Gasteiger partial charge in [0.05, 0.1) is 22.5 Å². The summed E-state index contributed by atoms with van der Waals surface area (Å²) in [5, 5.41) is 44.8. The van der Waals surface area contributed by atoms with Gasteiger partial charge in [-0.15, -0.1) is 10.2 Å². The van der Waals surface area contributed by atoms with E-state index in [-0.39, 0.29) is 39.7 Å². The van der Waals surface area contributed by atoms with Crippen LogP contribution < -0.4 is 10.1 Å². The number of nitrogens with one attached hydrogen (secondary N) is 1. The van der Waals surface area contributed by atoms with Gasteiger partial charge in [-0.3, -0.25) is 25.0 Å². The average Bonchev–Trinajstić information content (AvgIpc) is 2.87. The number of amides is 1. The number of fused-ring (bicyclic) bond motifs is 1. The van der Waals surface area contributed by atoms with Gasteiger partial charge in [0.1, 0.15) is 17.1 Å². The standard InChI is InChI=1S/C24H17N5O7/c1-36-21-10-9-17(29(34)35)13-20(21)26-27-22-18-8-3-2-5-14(18)11-19(23(22)30)24(31)25-15-6-4-7-16(12-15)28(32)33/h2-13,30H,1H3,(H,25,31)/b27-26+. The first-order chi connectivity index (χ1) is 17.3. The van der Waals surface area contributed by atoms with Gasteiger partial charge >= 0.3 is 0 Å². The lowest BCUT2D eigenvalue weighted by molar-refractivity contribution is -0.385. The zero-order chi connectivity index (χ0) is 25.8. The van der Waals surface area contributed by atoms with Gasteiger partial charge in [0, 0.05) is 35.3 Å². The molecule has 0 heterocycles. The van der Waals surface area contributed by atoms with Crippen LogP contribution in [-0.4, -0.2) is 28.0 Å². The van der Waals surface area contributed by atoms with Crippen molar-refractivity contribution in [1.82, 2.24) is 0 Å². The molecule has 0 radical (unpaired) electrons. The summed E-state index contributed by atoms with van der Waals surface area (Å²) >= 11 is 0. The lowest BCUT2D eigenvalue weighted by atomic mass is 10.0. The first-order valence-corrected chi connectivity index (χ1v) is 10.3. The maximum atomic E-state index is 13.0. The molecule has 0 fully saturated rings. The summed E-state index contributed by atoms with van der Waals surface area (Å²) in [5.41, 5.74) is -0.446. The van der Waals surface area contributed by atoms with Crippen molar-refractivity contribution in [3.8, 4) is 11.5 Å². The number of phenols is 1. The molecular formula is C24H17N5O7. The molecule has 0 bridgehead atoms. The lowest BCUT2D eigenvalue weighted by Crippen LogP contribution is -2.12. The number of phenolic OH excluding ortho intramolecular Hbond substituents is 1. The lowest BCUT2D eigenvalue weighted by Gasteiger charge is -2.11. The third-order valence-electron chi connectivity index (χ3n) is 5.19. The Labute approximate surface area is 202 Å². The summed E-state index contributed by atoms with van der Waals surface area (Å²) in [5.74, 6) is -1.01. The van der Waals surface area contributed by atoms with E-state index in [9.17, 15) is 30.1 Å². The van der Waals surface area contributed by atoms with Crippen LogP contribution in [0, 0.1) is 20.2 Å². The minimum atomic E-state index is -0.733. The number of carbonyl (C=O) groups excluding carboxylic acids is 1. The second-order valence-electron chi connectivity index (χ2n) is 7.42. The molecule has 2 N–H and O–H groups in total. The van der Waals surface area contributed by atoms with E-state index in [0.29, 0.717) is 10.8 Å². The van der Waals surface area contributed by atoms with Crippen LogP contribution in [0.5, 0.6) is 11.5 Å². The van der Waals surface area contributed by atoms with E-state index in [1.807, 2.05) is 0 Å². The summed E-state index contributed by atoms with van der Waals surface area (Å²) in [6, 6.07) is 17.4. The van der Waals surface area contributed by atoms with Crippen molar-refractivity contribution in [3.05, 3.63) is 98.6 Å². The third kappa shape index (κ3) is 4.77. The van der Waals surface area contributed by atoms with Gasteiger partial charge in [0.25, 0.3) is 17.3 Å². The number of nitrogens with zero attached hydrogens (tertiary/aromatic N) is 4. The van der Waals surface area contributed by atoms with Crippen molar-refractivity contribution >= 4 is 45.1 Å². The minimum Gasteiger partial charge on any atom is -0.505 e. The number of benzene rings is 4. The number of nitro benzene ring substituents is 2. The number of nitro groups is 2. The molecule has 180 valence electrons. The normalized spacial score (nSPS) is 10.9. The smallest absolute Gasteiger partial charge is 0.271 e. The SMILES string of the molecule is COc1ccc([N+](=O)[O-])cc1/N=N/c1c(O)c(C(=O)Nc2cccc([N+](=O)[O-])c2)cc2ccccc12. The fraction of sp³-hybridized carbons (Fsp3) is 0.0417. The van der Waals surface area contributed by atoms with Crippen molar-refractivity contribution in [2.24, 2.45) is 10.2 Å². The van der Waals surface area contributed by atoms with Crippen molar-refractivity contribution in [2.75, 3.05) is 12.4 Å². The van der Waals surface area contributed by atoms with E-state index in [2.05, 4.69) is 15.5 Å².